The van der Waals surface area contributed by atoms with Gasteiger partial charge in [0, 0.05) is 0 Å². The van der Waals surface area contributed by atoms with Gasteiger partial charge in [0.2, 0.25) is 0 Å². The molecule has 2 nitrogen and oxygen atoms in total. The van der Waals surface area contributed by atoms with Crippen molar-refractivity contribution in [1.82, 2.24) is 4.98 Å². The van der Waals surface area contributed by atoms with Gasteiger partial charge >= 0.3 is 6.18 Å². The Morgan fingerprint density at radius 3 is 2.17 bits per heavy atom. The third-order valence-corrected chi connectivity index (χ3v) is 1.08. The number of aromatic nitrogens is 1. The molecule has 0 radical (unpaired) electrons. The van der Waals surface area contributed by atoms with Crippen LogP contribution in [-0.4, -0.2) is 4.98 Å². The van der Waals surface area contributed by atoms with E-state index in [0.29, 0.717) is 0 Å². The summed E-state index contributed by atoms with van der Waals surface area (Å²) in [5.41, 5.74) is 4.44. The molecule has 2 N–H and O–H groups in total. The van der Waals surface area contributed by atoms with Gasteiger partial charge in [-0.3, -0.25) is 0 Å². The largest absolute Gasteiger partial charge is 0.433 e. The van der Waals surface area contributed by atoms with Crippen LogP contribution in [0.25, 0.3) is 0 Å². The standard InChI is InChI=1S/C6H5F3N2.CH4/c7-6(8,9)5-2-1-4(10)3-11-5;/h1-3H,10H2;1H4. The van der Waals surface area contributed by atoms with Crippen LogP contribution in [0.15, 0.2) is 18.3 Å². The van der Waals surface area contributed by atoms with Gasteiger partial charge in [-0.15, -0.1) is 0 Å². The molecule has 0 unspecified atom stereocenters. The van der Waals surface area contributed by atoms with E-state index >= 15 is 0 Å². The number of hydrogen-bond donors (Lipinski definition) is 1. The molecule has 0 aliphatic carbocycles. The molecule has 68 valence electrons. The number of nitrogens with zero attached hydrogens (tertiary/aromatic N) is 1. The lowest BCUT2D eigenvalue weighted by molar-refractivity contribution is -0.141. The Morgan fingerprint density at radius 1 is 1.25 bits per heavy atom. The monoisotopic (exact) mass is 178 g/mol. The number of pyridine rings is 1. The van der Waals surface area contributed by atoms with E-state index in [0.717, 1.165) is 18.3 Å². The highest BCUT2D eigenvalue weighted by Gasteiger charge is 2.31. The summed E-state index contributed by atoms with van der Waals surface area (Å²) in [4.78, 5) is 3.10. The lowest BCUT2D eigenvalue weighted by Crippen LogP contribution is -2.07. The Balaban J connectivity index is 0.00000121. The minimum Gasteiger partial charge on any atom is -0.397 e. The topological polar surface area (TPSA) is 38.9 Å². The molecule has 0 saturated heterocycles. The number of anilines is 1. The van der Waals surface area contributed by atoms with Crippen molar-refractivity contribution in [1.29, 1.82) is 0 Å². The van der Waals surface area contributed by atoms with Crippen molar-refractivity contribution in [3.8, 4) is 0 Å². The summed E-state index contributed by atoms with van der Waals surface area (Å²) < 4.78 is 35.4. The Hall–Kier alpha value is -1.26. The highest BCUT2D eigenvalue weighted by atomic mass is 19.4. The Labute approximate surface area is 68.2 Å². The molecule has 1 aromatic heterocycles. The number of alkyl halides is 3. The zero-order chi connectivity index (χ0) is 8.48. The molecule has 12 heavy (non-hydrogen) atoms. The molecule has 0 aliphatic heterocycles. The van der Waals surface area contributed by atoms with E-state index in [-0.39, 0.29) is 13.1 Å². The van der Waals surface area contributed by atoms with Gasteiger partial charge in [0.05, 0.1) is 11.9 Å². The molecule has 1 aromatic rings. The molecule has 0 aliphatic rings. The van der Waals surface area contributed by atoms with Crippen LogP contribution in [-0.2, 0) is 6.18 Å². The SMILES string of the molecule is C.Nc1ccc(C(F)(F)F)nc1. The van der Waals surface area contributed by atoms with Gasteiger partial charge in [-0.2, -0.15) is 13.2 Å². The van der Waals surface area contributed by atoms with Crippen molar-refractivity contribution in [2.24, 2.45) is 0 Å². The van der Waals surface area contributed by atoms with Crippen LogP contribution in [0.1, 0.15) is 13.1 Å². The summed E-state index contributed by atoms with van der Waals surface area (Å²) in [5, 5.41) is 0. The molecule has 1 heterocycles. The van der Waals surface area contributed by atoms with E-state index in [1.54, 1.807) is 0 Å². The van der Waals surface area contributed by atoms with Crippen molar-refractivity contribution < 1.29 is 13.2 Å². The summed E-state index contributed by atoms with van der Waals surface area (Å²) in [6.45, 7) is 0. The molecule has 0 bridgehead atoms. The average molecular weight is 178 g/mol. The first-order valence-corrected chi connectivity index (χ1v) is 2.79. The quantitative estimate of drug-likeness (QED) is 0.662. The first-order valence-electron chi connectivity index (χ1n) is 2.79. The van der Waals surface area contributed by atoms with Crippen molar-refractivity contribution in [2.45, 2.75) is 13.6 Å². The molecule has 1 rings (SSSR count). The van der Waals surface area contributed by atoms with Crippen LogP contribution < -0.4 is 5.73 Å². The molecular weight excluding hydrogens is 169 g/mol. The second-order valence-electron chi connectivity index (χ2n) is 1.97. The van der Waals surface area contributed by atoms with Gasteiger partial charge < -0.3 is 5.73 Å². The van der Waals surface area contributed by atoms with Gasteiger partial charge in [-0.1, -0.05) is 7.43 Å². The van der Waals surface area contributed by atoms with E-state index in [4.69, 9.17) is 5.73 Å². The number of nitrogen functional groups attached to an aromatic ring is 1. The van der Waals surface area contributed by atoms with Crippen LogP contribution in [0.4, 0.5) is 18.9 Å². The van der Waals surface area contributed by atoms with Crippen molar-refractivity contribution in [3.05, 3.63) is 24.0 Å². The van der Waals surface area contributed by atoms with Crippen LogP contribution >= 0.6 is 0 Å². The number of rotatable bonds is 0. The van der Waals surface area contributed by atoms with E-state index < -0.39 is 11.9 Å². The lowest BCUT2D eigenvalue weighted by atomic mass is 10.3. The van der Waals surface area contributed by atoms with E-state index in [1.165, 1.54) is 0 Å². The summed E-state index contributed by atoms with van der Waals surface area (Å²) in [6.07, 6.45) is -3.41. The third-order valence-electron chi connectivity index (χ3n) is 1.08. The maximum absolute atomic E-state index is 11.8. The Bertz CT molecular complexity index is 240. The second kappa shape index (κ2) is 3.42. The molecule has 0 atom stereocenters. The predicted molar refractivity (Wildman–Crippen MR) is 40.4 cm³/mol. The summed E-state index contributed by atoms with van der Waals surface area (Å²) in [7, 11) is 0. The summed E-state index contributed by atoms with van der Waals surface area (Å²) in [5.74, 6) is 0. The van der Waals surface area contributed by atoms with Crippen molar-refractivity contribution in [2.75, 3.05) is 5.73 Å². The van der Waals surface area contributed by atoms with E-state index in [9.17, 15) is 13.2 Å². The fraction of sp³-hybridized carbons (Fsp3) is 0.286. The zero-order valence-corrected chi connectivity index (χ0v) is 5.39. The van der Waals surface area contributed by atoms with Crippen molar-refractivity contribution >= 4 is 5.69 Å². The lowest BCUT2D eigenvalue weighted by Gasteiger charge is -2.03. The highest BCUT2D eigenvalue weighted by Crippen LogP contribution is 2.27. The summed E-state index contributed by atoms with van der Waals surface area (Å²) >= 11 is 0. The third kappa shape index (κ3) is 2.41. The van der Waals surface area contributed by atoms with E-state index in [2.05, 4.69) is 4.98 Å². The molecular formula is C7H9F3N2. The maximum atomic E-state index is 11.8. The van der Waals surface area contributed by atoms with Gasteiger partial charge in [0.15, 0.2) is 0 Å². The minimum absolute atomic E-state index is 0. The normalized spacial score (nSPS) is 10.6. The second-order valence-corrected chi connectivity index (χ2v) is 1.97. The molecule has 0 spiro atoms. The number of halogens is 3. The van der Waals surface area contributed by atoms with Gasteiger partial charge in [0.1, 0.15) is 5.69 Å². The first-order chi connectivity index (χ1) is 5.00. The number of nitrogens with two attached hydrogens (primary N) is 1. The van der Waals surface area contributed by atoms with Gasteiger partial charge in [-0.25, -0.2) is 4.98 Å². The molecule has 5 heteroatoms. The number of hydrogen-bond acceptors (Lipinski definition) is 2. The maximum Gasteiger partial charge on any atom is 0.433 e. The average Bonchev–Trinajstić information content (AvgIpc) is 1.86. The fourth-order valence-corrected chi connectivity index (χ4v) is 0.573. The summed E-state index contributed by atoms with van der Waals surface area (Å²) in [6, 6.07) is 2.01. The van der Waals surface area contributed by atoms with Crippen LogP contribution in [0.2, 0.25) is 0 Å². The van der Waals surface area contributed by atoms with E-state index in [1.807, 2.05) is 0 Å². The molecule has 0 fully saturated rings. The van der Waals surface area contributed by atoms with Crippen LogP contribution in [0.5, 0.6) is 0 Å². The molecule has 0 aromatic carbocycles. The van der Waals surface area contributed by atoms with Crippen LogP contribution in [0, 0.1) is 0 Å². The minimum atomic E-state index is -4.38. The Kier molecular flexibility index (Phi) is 3.06. The molecule has 0 amide bonds. The van der Waals surface area contributed by atoms with Gasteiger partial charge in [-0.05, 0) is 12.1 Å². The van der Waals surface area contributed by atoms with Crippen molar-refractivity contribution in [3.63, 3.8) is 0 Å². The molecule has 0 saturated carbocycles. The first kappa shape index (κ1) is 10.7. The highest BCUT2D eigenvalue weighted by molar-refractivity contribution is 5.34. The fourth-order valence-electron chi connectivity index (χ4n) is 0.573. The van der Waals surface area contributed by atoms with Crippen LogP contribution in [0.3, 0.4) is 0 Å². The van der Waals surface area contributed by atoms with Gasteiger partial charge in [0.25, 0.3) is 0 Å². The smallest absolute Gasteiger partial charge is 0.397 e. The predicted octanol–water partition coefficient (Wildman–Crippen LogP) is 2.32. The Morgan fingerprint density at radius 2 is 1.83 bits per heavy atom. The zero-order valence-electron chi connectivity index (χ0n) is 5.39.